The number of carboxylic acids is 1. The van der Waals surface area contributed by atoms with E-state index < -0.39 is 5.97 Å². The SMILES string of the molecule is C=C1CCC(C)(C(C)CC(=O)C=C(C)C(=O)O)C12CCC1=C2CCC2C(C)(C)C(=O)CCC12C. The highest BCUT2D eigenvalue weighted by Gasteiger charge is 2.64. The first-order valence-electron chi connectivity index (χ1n) is 13.1. The molecule has 4 aliphatic carbocycles. The zero-order valence-corrected chi connectivity index (χ0v) is 22.0. The van der Waals surface area contributed by atoms with Crippen molar-refractivity contribution in [3.05, 3.63) is 34.9 Å². The molecule has 0 bridgehead atoms. The first-order valence-corrected chi connectivity index (χ1v) is 13.1. The third-order valence-electron chi connectivity index (χ3n) is 11.1. The van der Waals surface area contributed by atoms with Crippen LogP contribution in [0.3, 0.4) is 0 Å². The summed E-state index contributed by atoms with van der Waals surface area (Å²) in [6.45, 7) is 17.4. The average Bonchev–Trinajstić information content (AvgIpc) is 3.27. The smallest absolute Gasteiger partial charge is 0.331 e. The van der Waals surface area contributed by atoms with Crippen molar-refractivity contribution >= 4 is 17.5 Å². The predicted molar refractivity (Wildman–Crippen MR) is 134 cm³/mol. The lowest BCUT2D eigenvalue weighted by Crippen LogP contribution is -2.50. The Morgan fingerprint density at radius 2 is 1.74 bits per heavy atom. The molecule has 186 valence electrons. The van der Waals surface area contributed by atoms with E-state index in [0.29, 0.717) is 24.5 Å². The van der Waals surface area contributed by atoms with Crippen molar-refractivity contribution in [1.29, 1.82) is 0 Å². The van der Waals surface area contributed by atoms with Crippen LogP contribution in [0.25, 0.3) is 0 Å². The number of aliphatic carboxylic acids is 1. The molecule has 4 rings (SSSR count). The molecule has 4 heteroatoms. The van der Waals surface area contributed by atoms with Crippen molar-refractivity contribution in [2.45, 2.75) is 99.3 Å². The maximum atomic E-state index is 12.8. The minimum absolute atomic E-state index is 0.0681. The number of carboxylic acid groups (broad SMARTS) is 1. The first kappa shape index (κ1) is 25.1. The average molecular weight is 467 g/mol. The van der Waals surface area contributed by atoms with E-state index in [-0.39, 0.29) is 38.9 Å². The lowest BCUT2D eigenvalue weighted by Gasteiger charge is -2.55. The molecule has 1 spiro atoms. The van der Waals surface area contributed by atoms with Crippen LogP contribution in [0.5, 0.6) is 0 Å². The van der Waals surface area contributed by atoms with Gasteiger partial charge in [0.05, 0.1) is 0 Å². The van der Waals surface area contributed by atoms with E-state index >= 15 is 0 Å². The van der Waals surface area contributed by atoms with Gasteiger partial charge >= 0.3 is 5.97 Å². The second kappa shape index (κ2) is 8.03. The van der Waals surface area contributed by atoms with E-state index in [1.54, 1.807) is 11.1 Å². The standard InChI is InChI=1S/C30H42O4/c1-18(26(33)34)16-21(31)17-20(3)29(7)14-10-19(2)30(29)15-11-22-23(30)8-9-24-27(4,5)25(32)12-13-28(22,24)6/h16,20,24H,2,8-15,17H2,1,3-7H3,(H,33,34). The summed E-state index contributed by atoms with van der Waals surface area (Å²) >= 11 is 0. The van der Waals surface area contributed by atoms with Gasteiger partial charge in [-0.15, -0.1) is 0 Å². The van der Waals surface area contributed by atoms with Crippen molar-refractivity contribution < 1.29 is 19.5 Å². The summed E-state index contributed by atoms with van der Waals surface area (Å²) in [5.74, 6) is -0.212. The van der Waals surface area contributed by atoms with Crippen LogP contribution in [0.1, 0.15) is 99.3 Å². The molecule has 5 atom stereocenters. The lowest BCUT2D eigenvalue weighted by molar-refractivity contribution is -0.139. The van der Waals surface area contributed by atoms with Gasteiger partial charge < -0.3 is 5.11 Å². The van der Waals surface area contributed by atoms with E-state index in [9.17, 15) is 19.5 Å². The Kier molecular flexibility index (Phi) is 5.94. The minimum Gasteiger partial charge on any atom is -0.478 e. The quantitative estimate of drug-likeness (QED) is 0.355. The van der Waals surface area contributed by atoms with Gasteiger partial charge in [-0.3, -0.25) is 9.59 Å². The molecular formula is C30H42O4. The van der Waals surface area contributed by atoms with Crippen molar-refractivity contribution in [3.8, 4) is 0 Å². The normalized spacial score (nSPS) is 38.2. The van der Waals surface area contributed by atoms with Crippen LogP contribution >= 0.6 is 0 Å². The van der Waals surface area contributed by atoms with Crippen molar-refractivity contribution in [2.24, 2.45) is 33.5 Å². The monoisotopic (exact) mass is 466 g/mol. The van der Waals surface area contributed by atoms with E-state index in [1.807, 2.05) is 0 Å². The summed E-state index contributed by atoms with van der Waals surface area (Å²) in [4.78, 5) is 36.8. The molecule has 2 saturated carbocycles. The highest BCUT2D eigenvalue weighted by atomic mass is 16.4. The van der Waals surface area contributed by atoms with Crippen molar-refractivity contribution in [2.75, 3.05) is 0 Å². The van der Waals surface area contributed by atoms with Gasteiger partial charge in [-0.25, -0.2) is 4.79 Å². The Hall–Kier alpha value is -1.97. The number of hydrogen-bond acceptors (Lipinski definition) is 3. The second-order valence-corrected chi connectivity index (χ2v) is 12.7. The van der Waals surface area contributed by atoms with E-state index in [1.165, 1.54) is 18.6 Å². The zero-order chi connectivity index (χ0) is 25.3. The Morgan fingerprint density at radius 3 is 2.38 bits per heavy atom. The van der Waals surface area contributed by atoms with Crippen LogP contribution in [-0.2, 0) is 14.4 Å². The van der Waals surface area contributed by atoms with Gasteiger partial charge in [0, 0.05) is 29.2 Å². The number of carbonyl (C=O) groups excluding carboxylic acids is 2. The number of fused-ring (bicyclic) bond motifs is 3. The second-order valence-electron chi connectivity index (χ2n) is 12.7. The summed E-state index contributed by atoms with van der Waals surface area (Å²) < 4.78 is 0. The maximum absolute atomic E-state index is 12.8. The van der Waals surface area contributed by atoms with Crippen LogP contribution in [0, 0.1) is 33.5 Å². The largest absolute Gasteiger partial charge is 0.478 e. The molecule has 2 fully saturated rings. The fraction of sp³-hybridized carbons (Fsp3) is 0.700. The number of Topliss-reactive ketones (excluding diaryl/α,β-unsaturated/α-hetero) is 1. The Balaban J connectivity index is 1.72. The van der Waals surface area contributed by atoms with Crippen LogP contribution in [0.15, 0.2) is 34.9 Å². The number of allylic oxidation sites excluding steroid dienone is 4. The summed E-state index contributed by atoms with van der Waals surface area (Å²) in [7, 11) is 0. The number of rotatable bonds is 5. The van der Waals surface area contributed by atoms with Crippen LogP contribution in [0.2, 0.25) is 0 Å². The maximum Gasteiger partial charge on any atom is 0.331 e. The molecule has 0 radical (unpaired) electrons. The first-order chi connectivity index (χ1) is 15.7. The van der Waals surface area contributed by atoms with Gasteiger partial charge in [0.25, 0.3) is 0 Å². The minimum atomic E-state index is -1.04. The summed E-state index contributed by atoms with van der Waals surface area (Å²) in [6, 6.07) is 0. The van der Waals surface area contributed by atoms with Gasteiger partial charge in [-0.1, -0.05) is 57.9 Å². The van der Waals surface area contributed by atoms with E-state index in [4.69, 9.17) is 0 Å². The van der Waals surface area contributed by atoms with Gasteiger partial charge in [0.1, 0.15) is 5.78 Å². The molecule has 0 aromatic heterocycles. The number of carbonyl (C=O) groups is 3. The van der Waals surface area contributed by atoms with Gasteiger partial charge in [-0.05, 0) is 80.6 Å². The van der Waals surface area contributed by atoms with Crippen molar-refractivity contribution in [1.82, 2.24) is 0 Å². The van der Waals surface area contributed by atoms with Gasteiger partial charge in [0.2, 0.25) is 0 Å². The third kappa shape index (κ3) is 3.27. The number of ketones is 2. The number of hydrogen-bond donors (Lipinski definition) is 1. The molecule has 0 amide bonds. The summed E-state index contributed by atoms with van der Waals surface area (Å²) in [5, 5.41) is 9.17. The van der Waals surface area contributed by atoms with Crippen LogP contribution in [-0.4, -0.2) is 22.6 Å². The van der Waals surface area contributed by atoms with Crippen LogP contribution < -0.4 is 0 Å². The molecule has 0 aliphatic heterocycles. The highest BCUT2D eigenvalue weighted by Crippen LogP contribution is 2.73. The summed E-state index contributed by atoms with van der Waals surface area (Å²) in [5.41, 5.74) is 4.24. The Morgan fingerprint density at radius 1 is 1.06 bits per heavy atom. The third-order valence-corrected chi connectivity index (χ3v) is 11.1. The molecule has 5 unspecified atom stereocenters. The van der Waals surface area contributed by atoms with E-state index in [2.05, 4.69) is 41.2 Å². The predicted octanol–water partition coefficient (Wildman–Crippen LogP) is 6.85. The molecule has 0 heterocycles. The molecule has 0 saturated heterocycles. The zero-order valence-electron chi connectivity index (χ0n) is 22.0. The van der Waals surface area contributed by atoms with Gasteiger partial charge in [-0.2, -0.15) is 0 Å². The van der Waals surface area contributed by atoms with E-state index in [0.717, 1.165) is 44.9 Å². The molecule has 34 heavy (non-hydrogen) atoms. The van der Waals surface area contributed by atoms with Crippen molar-refractivity contribution in [3.63, 3.8) is 0 Å². The van der Waals surface area contributed by atoms with Crippen LogP contribution in [0.4, 0.5) is 0 Å². The summed E-state index contributed by atoms with van der Waals surface area (Å²) in [6.07, 6.45) is 9.49. The lowest BCUT2D eigenvalue weighted by atomic mass is 9.48. The molecule has 4 nitrogen and oxygen atoms in total. The molecular weight excluding hydrogens is 424 g/mol. The topological polar surface area (TPSA) is 71.4 Å². The Bertz CT molecular complexity index is 1030. The fourth-order valence-electron chi connectivity index (χ4n) is 8.87. The van der Waals surface area contributed by atoms with Gasteiger partial charge in [0.15, 0.2) is 5.78 Å². The molecule has 0 aromatic rings. The fourth-order valence-corrected chi connectivity index (χ4v) is 8.87. The molecule has 4 aliphatic rings. The molecule has 0 aromatic carbocycles. The highest BCUT2D eigenvalue weighted by molar-refractivity contribution is 5.98. The molecule has 1 N–H and O–H groups in total. The Labute approximate surface area is 205 Å².